The molecule has 28 heavy (non-hydrogen) atoms. The van der Waals surface area contributed by atoms with Crippen molar-refractivity contribution in [2.75, 3.05) is 9.96 Å². The Labute approximate surface area is 164 Å². The van der Waals surface area contributed by atoms with Crippen LogP contribution in [0.4, 0.5) is 10.8 Å². The van der Waals surface area contributed by atoms with Gasteiger partial charge in [-0.1, -0.05) is 36.4 Å². The van der Waals surface area contributed by atoms with E-state index in [2.05, 4.69) is 4.98 Å². The second-order valence-electron chi connectivity index (χ2n) is 6.54. The molecule has 0 aliphatic carbocycles. The predicted molar refractivity (Wildman–Crippen MR) is 103 cm³/mol. The molecule has 8 heteroatoms. The first-order valence-corrected chi connectivity index (χ1v) is 9.61. The molecule has 3 aromatic rings. The molecule has 3 heterocycles. The van der Waals surface area contributed by atoms with Crippen LogP contribution < -0.4 is 9.96 Å². The van der Waals surface area contributed by atoms with Gasteiger partial charge in [-0.25, -0.2) is 14.9 Å². The van der Waals surface area contributed by atoms with E-state index in [4.69, 9.17) is 4.84 Å². The number of phenolic OH excluding ortho intramolecular Hbond substituents is 1. The molecule has 2 aromatic carbocycles. The zero-order chi connectivity index (χ0) is 19.3. The van der Waals surface area contributed by atoms with E-state index in [-0.39, 0.29) is 11.7 Å². The summed E-state index contributed by atoms with van der Waals surface area (Å²) in [6.45, 7) is 0. The number of para-hydroxylation sites is 2. The van der Waals surface area contributed by atoms with Crippen molar-refractivity contribution in [3.05, 3.63) is 71.7 Å². The van der Waals surface area contributed by atoms with E-state index in [9.17, 15) is 14.7 Å². The number of hydroxylamine groups is 1. The first-order chi connectivity index (χ1) is 13.7. The molecular formula is C20H15N3O4S. The molecule has 2 fully saturated rings. The predicted octanol–water partition coefficient (Wildman–Crippen LogP) is 2.90. The number of nitrogens with zero attached hydrogens (tertiary/aromatic N) is 3. The number of hydrogen-bond donors (Lipinski definition) is 1. The summed E-state index contributed by atoms with van der Waals surface area (Å²) in [4.78, 5) is 37.4. The topological polar surface area (TPSA) is 83.0 Å². The second-order valence-corrected chi connectivity index (χ2v) is 7.42. The van der Waals surface area contributed by atoms with Crippen LogP contribution in [0.3, 0.4) is 0 Å². The normalized spacial score (nSPS) is 24.1. The average Bonchev–Trinajstić information content (AvgIpc) is 3.41. The van der Waals surface area contributed by atoms with Gasteiger partial charge in [-0.2, -0.15) is 0 Å². The van der Waals surface area contributed by atoms with Crippen LogP contribution in [0.15, 0.2) is 66.2 Å². The summed E-state index contributed by atoms with van der Waals surface area (Å²) in [5.41, 5.74) is 1.23. The monoisotopic (exact) mass is 393 g/mol. The Kier molecular flexibility index (Phi) is 3.88. The van der Waals surface area contributed by atoms with Crippen molar-refractivity contribution in [2.45, 2.75) is 12.1 Å². The van der Waals surface area contributed by atoms with Crippen molar-refractivity contribution < 1.29 is 19.5 Å². The number of hydrogen-bond acceptors (Lipinski definition) is 7. The highest BCUT2D eigenvalue weighted by atomic mass is 32.1. The minimum Gasteiger partial charge on any atom is -0.508 e. The van der Waals surface area contributed by atoms with E-state index in [1.54, 1.807) is 40.9 Å². The number of aromatic hydroxyl groups is 1. The Morgan fingerprint density at radius 1 is 1.00 bits per heavy atom. The number of rotatable bonds is 3. The molecule has 0 bridgehead atoms. The summed E-state index contributed by atoms with van der Waals surface area (Å²) in [5.74, 6) is -1.56. The van der Waals surface area contributed by atoms with Crippen molar-refractivity contribution in [1.82, 2.24) is 4.98 Å². The van der Waals surface area contributed by atoms with E-state index >= 15 is 0 Å². The van der Waals surface area contributed by atoms with Crippen LogP contribution >= 0.6 is 11.3 Å². The third kappa shape index (κ3) is 2.42. The van der Waals surface area contributed by atoms with Crippen LogP contribution in [0.25, 0.3) is 0 Å². The number of benzene rings is 2. The van der Waals surface area contributed by atoms with E-state index in [0.717, 1.165) is 4.90 Å². The molecule has 7 nitrogen and oxygen atoms in total. The van der Waals surface area contributed by atoms with Gasteiger partial charge in [0.25, 0.3) is 5.91 Å². The lowest BCUT2D eigenvalue weighted by molar-refractivity contribution is -0.126. The van der Waals surface area contributed by atoms with Gasteiger partial charge in [-0.15, -0.1) is 11.3 Å². The molecule has 2 aliphatic rings. The first-order valence-electron chi connectivity index (χ1n) is 8.73. The number of fused-ring (bicyclic) bond motifs is 1. The standard InChI is InChI=1S/C20H15N3O4S/c24-14-9-5-4-8-13(14)16-15-17(27-23(16)12-6-2-1-3-7-12)19(26)22(18(15)25)20-21-10-11-28-20/h1-11,15-17,24H. The molecule has 140 valence electrons. The highest BCUT2D eigenvalue weighted by molar-refractivity contribution is 7.14. The van der Waals surface area contributed by atoms with E-state index in [0.29, 0.717) is 16.4 Å². The van der Waals surface area contributed by atoms with E-state index in [1.807, 2.05) is 30.3 Å². The molecular weight excluding hydrogens is 378 g/mol. The number of anilines is 2. The van der Waals surface area contributed by atoms with Gasteiger partial charge in [0.1, 0.15) is 11.7 Å². The van der Waals surface area contributed by atoms with Crippen LogP contribution in [0.5, 0.6) is 5.75 Å². The number of carbonyl (C=O) groups excluding carboxylic acids is 2. The summed E-state index contributed by atoms with van der Waals surface area (Å²) >= 11 is 1.22. The molecule has 1 N–H and O–H groups in total. The maximum Gasteiger partial charge on any atom is 0.268 e. The van der Waals surface area contributed by atoms with Gasteiger partial charge in [0.2, 0.25) is 5.91 Å². The Balaban J connectivity index is 1.62. The minimum absolute atomic E-state index is 0.0469. The zero-order valence-electron chi connectivity index (χ0n) is 14.5. The summed E-state index contributed by atoms with van der Waals surface area (Å²) in [6.07, 6.45) is 0.577. The molecule has 3 unspecified atom stereocenters. The lowest BCUT2D eigenvalue weighted by atomic mass is 9.90. The van der Waals surface area contributed by atoms with Crippen molar-refractivity contribution in [3.8, 4) is 5.75 Å². The van der Waals surface area contributed by atoms with Crippen LogP contribution in [0, 0.1) is 5.92 Å². The van der Waals surface area contributed by atoms with E-state index < -0.39 is 24.0 Å². The highest BCUT2D eigenvalue weighted by Crippen LogP contribution is 2.49. The molecule has 0 radical (unpaired) electrons. The summed E-state index contributed by atoms with van der Waals surface area (Å²) in [7, 11) is 0. The van der Waals surface area contributed by atoms with Gasteiger partial charge in [-0.05, 0) is 18.2 Å². The number of amides is 2. The van der Waals surface area contributed by atoms with Crippen LogP contribution in [-0.4, -0.2) is 28.0 Å². The number of aromatic nitrogens is 1. The number of phenols is 1. The van der Waals surface area contributed by atoms with Crippen LogP contribution in [0.1, 0.15) is 11.6 Å². The number of carbonyl (C=O) groups is 2. The third-order valence-electron chi connectivity index (χ3n) is 4.99. The summed E-state index contributed by atoms with van der Waals surface area (Å²) in [5, 5.41) is 14.0. The zero-order valence-corrected chi connectivity index (χ0v) is 15.3. The smallest absolute Gasteiger partial charge is 0.268 e. The minimum atomic E-state index is -0.971. The Bertz CT molecular complexity index is 1040. The van der Waals surface area contributed by atoms with Gasteiger partial charge in [-0.3, -0.25) is 14.4 Å². The van der Waals surface area contributed by atoms with Crippen molar-refractivity contribution in [2.24, 2.45) is 5.92 Å². The average molecular weight is 393 g/mol. The molecule has 0 saturated carbocycles. The highest BCUT2D eigenvalue weighted by Gasteiger charge is 2.61. The van der Waals surface area contributed by atoms with Gasteiger partial charge in [0.15, 0.2) is 11.2 Å². The molecule has 2 saturated heterocycles. The van der Waals surface area contributed by atoms with Gasteiger partial charge in [0.05, 0.1) is 11.7 Å². The molecule has 0 spiro atoms. The lowest BCUT2D eigenvalue weighted by Gasteiger charge is -2.28. The lowest BCUT2D eigenvalue weighted by Crippen LogP contribution is -2.37. The fourth-order valence-electron chi connectivity index (χ4n) is 3.78. The van der Waals surface area contributed by atoms with Gasteiger partial charge < -0.3 is 5.11 Å². The maximum absolute atomic E-state index is 13.3. The maximum atomic E-state index is 13.3. The van der Waals surface area contributed by atoms with Crippen LogP contribution in [-0.2, 0) is 14.4 Å². The van der Waals surface area contributed by atoms with Crippen molar-refractivity contribution in [3.63, 3.8) is 0 Å². The SMILES string of the molecule is O=C1C2ON(c3ccccc3)C(c3ccccc3O)C2C(=O)N1c1nccs1. The Morgan fingerprint density at radius 2 is 1.75 bits per heavy atom. The second kappa shape index (κ2) is 6.43. The molecule has 5 rings (SSSR count). The van der Waals surface area contributed by atoms with Gasteiger partial charge in [0, 0.05) is 17.1 Å². The third-order valence-corrected chi connectivity index (χ3v) is 5.75. The molecule has 2 aliphatic heterocycles. The van der Waals surface area contributed by atoms with Crippen LogP contribution in [0.2, 0.25) is 0 Å². The quantitative estimate of drug-likeness (QED) is 0.689. The van der Waals surface area contributed by atoms with Crippen molar-refractivity contribution in [1.29, 1.82) is 0 Å². The first kappa shape index (κ1) is 16.9. The summed E-state index contributed by atoms with van der Waals surface area (Å²) in [6, 6.07) is 15.4. The molecule has 2 amide bonds. The summed E-state index contributed by atoms with van der Waals surface area (Å²) < 4.78 is 0. The number of imide groups is 1. The van der Waals surface area contributed by atoms with Crippen molar-refractivity contribution >= 4 is 34.0 Å². The number of thiazole rings is 1. The largest absolute Gasteiger partial charge is 0.508 e. The Morgan fingerprint density at radius 3 is 2.46 bits per heavy atom. The fourth-order valence-corrected chi connectivity index (χ4v) is 4.43. The molecule has 1 aromatic heterocycles. The van der Waals surface area contributed by atoms with Gasteiger partial charge >= 0.3 is 0 Å². The molecule has 3 atom stereocenters. The fraction of sp³-hybridized carbons (Fsp3) is 0.150. The Hall–Kier alpha value is -3.23. The van der Waals surface area contributed by atoms with E-state index in [1.165, 1.54) is 11.3 Å².